The van der Waals surface area contributed by atoms with Crippen molar-refractivity contribution in [2.45, 2.75) is 20.0 Å². The Hall–Kier alpha value is -1.27. The number of methoxy groups -OCH3 is 3. The van der Waals surface area contributed by atoms with E-state index in [0.717, 1.165) is 0 Å². The highest BCUT2D eigenvalue weighted by Crippen LogP contribution is 2.39. The lowest BCUT2D eigenvalue weighted by atomic mass is 9.86. The molecule has 0 heterocycles. The molecule has 1 aromatic carbocycles. The number of hydrogen-bond acceptors (Lipinski definition) is 5. The molecule has 118 valence electrons. The number of ether oxygens (including phenoxy) is 3. The smallest absolute Gasteiger partial charge is 0.311 e. The highest BCUT2D eigenvalue weighted by molar-refractivity contribution is 9.10. The zero-order valence-corrected chi connectivity index (χ0v) is 14.4. The van der Waals surface area contributed by atoms with Crippen LogP contribution in [0.3, 0.4) is 0 Å². The molecule has 0 saturated carbocycles. The number of halogens is 1. The summed E-state index contributed by atoms with van der Waals surface area (Å²) in [6, 6.07) is 3.36. The maximum Gasteiger partial charge on any atom is 0.311 e. The van der Waals surface area contributed by atoms with Crippen LogP contribution in [0.4, 0.5) is 0 Å². The largest absolute Gasteiger partial charge is 0.493 e. The van der Waals surface area contributed by atoms with Crippen LogP contribution >= 0.6 is 15.9 Å². The Kier molecular flexibility index (Phi) is 6.48. The van der Waals surface area contributed by atoms with E-state index in [2.05, 4.69) is 15.9 Å². The molecule has 1 N–H and O–H groups in total. The van der Waals surface area contributed by atoms with Gasteiger partial charge in [0.1, 0.15) is 0 Å². The van der Waals surface area contributed by atoms with Gasteiger partial charge in [0.05, 0.1) is 33.4 Å². The summed E-state index contributed by atoms with van der Waals surface area (Å²) in [6.45, 7) is 3.72. The van der Waals surface area contributed by atoms with Gasteiger partial charge in [0, 0.05) is 4.47 Å². The normalized spacial score (nSPS) is 13.7. The molecule has 0 aliphatic carbocycles. The van der Waals surface area contributed by atoms with E-state index < -0.39 is 18.0 Å². The SMILES string of the molecule is COC(=O)C(C(C)C)C(O)c1cc(OC)c(OC)cc1Br. The van der Waals surface area contributed by atoms with Crippen molar-refractivity contribution < 1.29 is 24.1 Å². The van der Waals surface area contributed by atoms with Gasteiger partial charge in [-0.2, -0.15) is 0 Å². The fourth-order valence-electron chi connectivity index (χ4n) is 2.19. The summed E-state index contributed by atoms with van der Waals surface area (Å²) in [5.74, 6) is -0.155. The number of aliphatic hydroxyl groups excluding tert-OH is 1. The van der Waals surface area contributed by atoms with Crippen LogP contribution in [0.5, 0.6) is 11.5 Å². The van der Waals surface area contributed by atoms with Crippen molar-refractivity contribution in [1.29, 1.82) is 0 Å². The molecule has 0 radical (unpaired) electrons. The Morgan fingerprint density at radius 1 is 1.14 bits per heavy atom. The molecule has 0 amide bonds. The van der Waals surface area contributed by atoms with E-state index in [1.807, 2.05) is 13.8 Å². The van der Waals surface area contributed by atoms with Crippen molar-refractivity contribution in [3.8, 4) is 11.5 Å². The number of carbonyl (C=O) groups excluding carboxylic acids is 1. The molecule has 6 heteroatoms. The van der Waals surface area contributed by atoms with Crippen molar-refractivity contribution in [1.82, 2.24) is 0 Å². The lowest BCUT2D eigenvalue weighted by Crippen LogP contribution is -2.28. The number of esters is 1. The summed E-state index contributed by atoms with van der Waals surface area (Å²) < 4.78 is 15.9. The minimum absolute atomic E-state index is 0.0764. The number of benzene rings is 1. The predicted molar refractivity (Wildman–Crippen MR) is 82.5 cm³/mol. The number of hydrogen-bond donors (Lipinski definition) is 1. The molecule has 1 aromatic rings. The zero-order valence-electron chi connectivity index (χ0n) is 12.8. The van der Waals surface area contributed by atoms with E-state index in [4.69, 9.17) is 14.2 Å². The van der Waals surface area contributed by atoms with Crippen LogP contribution in [-0.2, 0) is 9.53 Å². The van der Waals surface area contributed by atoms with Gasteiger partial charge in [-0.25, -0.2) is 0 Å². The molecule has 0 aliphatic heterocycles. The molecule has 2 unspecified atom stereocenters. The molecule has 0 spiro atoms. The highest BCUT2D eigenvalue weighted by atomic mass is 79.9. The lowest BCUT2D eigenvalue weighted by Gasteiger charge is -2.25. The van der Waals surface area contributed by atoms with Gasteiger partial charge >= 0.3 is 5.97 Å². The van der Waals surface area contributed by atoms with Gasteiger partial charge in [-0.05, 0) is 23.6 Å². The standard InChI is InChI=1S/C15H21BrO5/c1-8(2)13(15(18)21-5)14(17)9-6-11(19-3)12(20-4)7-10(9)16/h6-8,13-14,17H,1-5H3. The average Bonchev–Trinajstić information content (AvgIpc) is 2.46. The van der Waals surface area contributed by atoms with Gasteiger partial charge in [0.25, 0.3) is 0 Å². The van der Waals surface area contributed by atoms with Crippen molar-refractivity contribution >= 4 is 21.9 Å². The maximum atomic E-state index is 11.9. The Bertz CT molecular complexity index is 501. The lowest BCUT2D eigenvalue weighted by molar-refractivity contribution is -0.152. The van der Waals surface area contributed by atoms with Crippen LogP contribution in [-0.4, -0.2) is 32.4 Å². The van der Waals surface area contributed by atoms with Crippen molar-refractivity contribution in [3.63, 3.8) is 0 Å². The third kappa shape index (κ3) is 3.89. The van der Waals surface area contributed by atoms with E-state index in [9.17, 15) is 9.90 Å². The minimum atomic E-state index is -1.01. The fraction of sp³-hybridized carbons (Fsp3) is 0.533. The van der Waals surface area contributed by atoms with Gasteiger partial charge in [0.15, 0.2) is 11.5 Å². The summed E-state index contributed by atoms with van der Waals surface area (Å²) in [7, 11) is 4.36. The van der Waals surface area contributed by atoms with Gasteiger partial charge < -0.3 is 19.3 Å². The van der Waals surface area contributed by atoms with E-state index in [1.165, 1.54) is 21.3 Å². The molecule has 0 aliphatic rings. The average molecular weight is 361 g/mol. The van der Waals surface area contributed by atoms with Crippen molar-refractivity contribution in [3.05, 3.63) is 22.2 Å². The Morgan fingerprint density at radius 2 is 1.67 bits per heavy atom. The monoisotopic (exact) mass is 360 g/mol. The van der Waals surface area contributed by atoms with Gasteiger partial charge in [-0.15, -0.1) is 0 Å². The molecule has 0 saturated heterocycles. The van der Waals surface area contributed by atoms with Crippen molar-refractivity contribution in [2.75, 3.05) is 21.3 Å². The van der Waals surface area contributed by atoms with Gasteiger partial charge in [-0.3, -0.25) is 4.79 Å². The van der Waals surface area contributed by atoms with Gasteiger partial charge in [-0.1, -0.05) is 29.8 Å². The van der Waals surface area contributed by atoms with Crippen LogP contribution in [0, 0.1) is 11.8 Å². The quantitative estimate of drug-likeness (QED) is 0.790. The Balaban J connectivity index is 3.27. The molecule has 0 aromatic heterocycles. The first-order chi connectivity index (χ1) is 9.87. The van der Waals surface area contributed by atoms with Crippen LogP contribution in [0.1, 0.15) is 25.5 Å². The second kappa shape index (κ2) is 7.66. The highest BCUT2D eigenvalue weighted by Gasteiger charge is 2.33. The molecular weight excluding hydrogens is 340 g/mol. The van der Waals surface area contributed by atoms with Crippen LogP contribution in [0.2, 0.25) is 0 Å². The second-order valence-corrected chi connectivity index (χ2v) is 5.82. The Morgan fingerprint density at radius 3 is 2.10 bits per heavy atom. The molecule has 21 heavy (non-hydrogen) atoms. The number of rotatable bonds is 6. The molecule has 2 atom stereocenters. The van der Waals surface area contributed by atoms with Crippen molar-refractivity contribution in [2.24, 2.45) is 11.8 Å². The number of carbonyl (C=O) groups is 1. The minimum Gasteiger partial charge on any atom is -0.493 e. The number of aliphatic hydroxyl groups is 1. The molecule has 1 rings (SSSR count). The third-order valence-electron chi connectivity index (χ3n) is 3.35. The second-order valence-electron chi connectivity index (χ2n) is 4.97. The first-order valence-corrected chi connectivity index (χ1v) is 7.33. The van der Waals surface area contributed by atoms with Crippen LogP contribution in [0.15, 0.2) is 16.6 Å². The first kappa shape index (κ1) is 17.8. The van der Waals surface area contributed by atoms with Crippen LogP contribution in [0.25, 0.3) is 0 Å². The molecular formula is C15H21BrO5. The molecule has 0 fully saturated rings. The zero-order chi connectivity index (χ0) is 16.2. The van der Waals surface area contributed by atoms with E-state index >= 15 is 0 Å². The Labute approximate surface area is 133 Å². The fourth-order valence-corrected chi connectivity index (χ4v) is 2.75. The van der Waals surface area contributed by atoms with Crippen LogP contribution < -0.4 is 9.47 Å². The van der Waals surface area contributed by atoms with E-state index in [1.54, 1.807) is 12.1 Å². The topological polar surface area (TPSA) is 65.0 Å². The summed E-state index contributed by atoms with van der Waals surface area (Å²) in [6.07, 6.45) is -1.01. The van der Waals surface area contributed by atoms with E-state index in [-0.39, 0.29) is 5.92 Å². The summed E-state index contributed by atoms with van der Waals surface area (Å²) in [4.78, 5) is 11.9. The van der Waals surface area contributed by atoms with Gasteiger partial charge in [0.2, 0.25) is 0 Å². The molecule has 5 nitrogen and oxygen atoms in total. The summed E-state index contributed by atoms with van der Waals surface area (Å²) in [5, 5.41) is 10.6. The molecule has 0 bridgehead atoms. The summed E-state index contributed by atoms with van der Waals surface area (Å²) >= 11 is 3.39. The predicted octanol–water partition coefficient (Wildman–Crippen LogP) is 2.94. The third-order valence-corrected chi connectivity index (χ3v) is 4.04. The maximum absolute atomic E-state index is 11.9. The summed E-state index contributed by atoms with van der Waals surface area (Å²) in [5.41, 5.74) is 0.553. The first-order valence-electron chi connectivity index (χ1n) is 6.54. The van der Waals surface area contributed by atoms with E-state index in [0.29, 0.717) is 21.5 Å².